The second kappa shape index (κ2) is 9.65. The molecule has 0 radical (unpaired) electrons. The minimum atomic E-state index is -0.0433. The monoisotopic (exact) mass is 446 g/mol. The fourth-order valence-corrected chi connectivity index (χ4v) is 4.14. The molecule has 0 aliphatic carbocycles. The Balaban J connectivity index is 1.65. The number of rotatable bonds is 8. The number of ether oxygens (including phenoxy) is 2. The number of ketones is 1. The van der Waals surface area contributed by atoms with E-state index < -0.39 is 0 Å². The molecule has 0 amide bonds. The van der Waals surface area contributed by atoms with Crippen molar-refractivity contribution in [2.75, 3.05) is 20.0 Å². The van der Waals surface area contributed by atoms with Gasteiger partial charge in [0.05, 0.1) is 25.7 Å². The van der Waals surface area contributed by atoms with Crippen LogP contribution >= 0.6 is 11.8 Å². The first-order chi connectivity index (χ1) is 15.6. The van der Waals surface area contributed by atoms with Crippen LogP contribution in [0.3, 0.4) is 0 Å². The van der Waals surface area contributed by atoms with E-state index in [0.29, 0.717) is 28.0 Å². The lowest BCUT2D eigenvalue weighted by Crippen LogP contribution is -2.06. The Kier molecular flexibility index (Phi) is 6.51. The van der Waals surface area contributed by atoms with Gasteiger partial charge >= 0.3 is 0 Å². The quantitative estimate of drug-likeness (QED) is 0.288. The van der Waals surface area contributed by atoms with Gasteiger partial charge in [-0.05, 0) is 48.9 Å². The predicted molar refractivity (Wildman–Crippen MR) is 124 cm³/mol. The normalized spacial score (nSPS) is 10.7. The number of nitrogens with zero attached hydrogens (tertiary/aromatic N) is 4. The highest BCUT2D eigenvalue weighted by molar-refractivity contribution is 7.99. The Morgan fingerprint density at radius 1 is 1.00 bits per heavy atom. The second-order valence-electron chi connectivity index (χ2n) is 6.95. The highest BCUT2D eigenvalue weighted by Crippen LogP contribution is 2.31. The molecule has 0 saturated carbocycles. The van der Waals surface area contributed by atoms with Gasteiger partial charge in [0.1, 0.15) is 0 Å². The molecule has 0 aliphatic rings. The standard InChI is InChI=1S/C24H22N4O3S/c1-16-7-4-5-9-19(16)28-23(18-8-6-12-25-14-18)26-27-24(28)32-15-20(29)17-10-11-21(30-2)22(13-17)31-3/h4-14H,15H2,1-3H3. The number of carbonyl (C=O) groups is 1. The van der Waals surface area contributed by atoms with Gasteiger partial charge in [-0.3, -0.25) is 14.3 Å². The van der Waals surface area contributed by atoms with E-state index in [4.69, 9.17) is 9.47 Å². The maximum Gasteiger partial charge on any atom is 0.196 e. The molecule has 0 aliphatic heterocycles. The summed E-state index contributed by atoms with van der Waals surface area (Å²) in [5.74, 6) is 1.93. The van der Waals surface area contributed by atoms with Crippen LogP contribution in [-0.2, 0) is 0 Å². The van der Waals surface area contributed by atoms with E-state index in [1.165, 1.54) is 11.8 Å². The highest BCUT2D eigenvalue weighted by Gasteiger charge is 2.19. The number of hydrogen-bond donors (Lipinski definition) is 0. The van der Waals surface area contributed by atoms with Crippen molar-refractivity contribution in [1.82, 2.24) is 19.7 Å². The number of carbonyl (C=O) groups excluding carboxylic acids is 1. The van der Waals surface area contributed by atoms with Crippen molar-refractivity contribution in [3.63, 3.8) is 0 Å². The van der Waals surface area contributed by atoms with Gasteiger partial charge in [0.2, 0.25) is 0 Å². The first-order valence-electron chi connectivity index (χ1n) is 9.92. The van der Waals surface area contributed by atoms with E-state index in [9.17, 15) is 4.79 Å². The summed E-state index contributed by atoms with van der Waals surface area (Å²) in [5.41, 5.74) is 3.42. The van der Waals surface area contributed by atoms with Gasteiger partial charge in [-0.25, -0.2) is 0 Å². The molecule has 2 aromatic carbocycles. The van der Waals surface area contributed by atoms with Crippen LogP contribution in [0, 0.1) is 6.92 Å². The maximum absolute atomic E-state index is 12.9. The van der Waals surface area contributed by atoms with E-state index in [2.05, 4.69) is 15.2 Å². The third-order valence-electron chi connectivity index (χ3n) is 4.95. The van der Waals surface area contributed by atoms with Crippen molar-refractivity contribution in [2.45, 2.75) is 12.1 Å². The highest BCUT2D eigenvalue weighted by atomic mass is 32.2. The molecule has 4 aromatic rings. The van der Waals surface area contributed by atoms with Crippen LogP contribution in [0.25, 0.3) is 17.1 Å². The summed E-state index contributed by atoms with van der Waals surface area (Å²) in [5, 5.41) is 9.43. The molecule has 0 saturated heterocycles. The second-order valence-corrected chi connectivity index (χ2v) is 7.89. The molecule has 2 aromatic heterocycles. The largest absolute Gasteiger partial charge is 0.493 e. The Bertz CT molecular complexity index is 1240. The fourth-order valence-electron chi connectivity index (χ4n) is 3.30. The zero-order chi connectivity index (χ0) is 22.5. The van der Waals surface area contributed by atoms with Crippen molar-refractivity contribution in [2.24, 2.45) is 0 Å². The van der Waals surface area contributed by atoms with Crippen LogP contribution in [-0.4, -0.2) is 45.5 Å². The van der Waals surface area contributed by atoms with Gasteiger partial charge in [0.15, 0.2) is 28.3 Å². The SMILES string of the molecule is COc1ccc(C(=O)CSc2nnc(-c3cccnc3)n2-c2ccccc2C)cc1OC. The number of Topliss-reactive ketones (excluding diaryl/α,β-unsaturated/α-hetero) is 1. The minimum absolute atomic E-state index is 0.0433. The summed E-state index contributed by atoms with van der Waals surface area (Å²) < 4.78 is 12.5. The summed E-state index contributed by atoms with van der Waals surface area (Å²) in [4.78, 5) is 17.1. The summed E-state index contributed by atoms with van der Waals surface area (Å²) in [6.07, 6.45) is 3.47. The molecule has 0 unspecified atom stereocenters. The van der Waals surface area contributed by atoms with Gasteiger partial charge in [-0.1, -0.05) is 30.0 Å². The lowest BCUT2D eigenvalue weighted by molar-refractivity contribution is 0.102. The average Bonchev–Trinajstić information content (AvgIpc) is 3.26. The number of thioether (sulfide) groups is 1. The molecule has 7 nitrogen and oxygen atoms in total. The molecular formula is C24H22N4O3S. The molecule has 0 N–H and O–H groups in total. The molecule has 0 fully saturated rings. The van der Waals surface area contributed by atoms with Crippen LogP contribution in [0.2, 0.25) is 0 Å². The molecule has 2 heterocycles. The Morgan fingerprint density at radius 2 is 1.81 bits per heavy atom. The smallest absolute Gasteiger partial charge is 0.196 e. The van der Waals surface area contributed by atoms with Gasteiger partial charge < -0.3 is 9.47 Å². The summed E-state index contributed by atoms with van der Waals surface area (Å²) in [6, 6.07) is 17.0. The van der Waals surface area contributed by atoms with Crippen molar-refractivity contribution in [3.05, 3.63) is 78.1 Å². The van der Waals surface area contributed by atoms with E-state index >= 15 is 0 Å². The minimum Gasteiger partial charge on any atom is -0.493 e. The first-order valence-corrected chi connectivity index (χ1v) is 10.9. The third-order valence-corrected chi connectivity index (χ3v) is 5.88. The zero-order valence-corrected chi connectivity index (χ0v) is 18.8. The molecule has 0 atom stereocenters. The van der Waals surface area contributed by atoms with Crippen molar-refractivity contribution < 1.29 is 14.3 Å². The topological polar surface area (TPSA) is 79.1 Å². The van der Waals surface area contributed by atoms with E-state index in [-0.39, 0.29) is 11.5 Å². The van der Waals surface area contributed by atoms with Crippen LogP contribution < -0.4 is 9.47 Å². The summed E-state index contributed by atoms with van der Waals surface area (Å²) in [6.45, 7) is 2.03. The molecule has 0 spiro atoms. The fraction of sp³-hybridized carbons (Fsp3) is 0.167. The Morgan fingerprint density at radius 3 is 2.53 bits per heavy atom. The van der Waals surface area contributed by atoms with Gasteiger partial charge in [-0.2, -0.15) is 0 Å². The number of methoxy groups -OCH3 is 2. The Hall–Kier alpha value is -3.65. The third kappa shape index (κ3) is 4.36. The van der Waals surface area contributed by atoms with Crippen LogP contribution in [0.4, 0.5) is 0 Å². The van der Waals surface area contributed by atoms with Crippen molar-refractivity contribution in [3.8, 4) is 28.6 Å². The lowest BCUT2D eigenvalue weighted by Gasteiger charge is -2.13. The number of pyridine rings is 1. The van der Waals surface area contributed by atoms with E-state index in [1.54, 1.807) is 44.8 Å². The van der Waals surface area contributed by atoms with Crippen LogP contribution in [0.1, 0.15) is 15.9 Å². The van der Waals surface area contributed by atoms with Gasteiger partial charge in [0, 0.05) is 23.5 Å². The molecule has 32 heavy (non-hydrogen) atoms. The first kappa shape index (κ1) is 21.6. The van der Waals surface area contributed by atoms with Gasteiger partial charge in [0.25, 0.3) is 0 Å². The maximum atomic E-state index is 12.9. The summed E-state index contributed by atoms with van der Waals surface area (Å²) >= 11 is 1.34. The van der Waals surface area contributed by atoms with Gasteiger partial charge in [-0.15, -0.1) is 10.2 Å². The number of aromatic nitrogens is 4. The number of benzene rings is 2. The number of aryl methyl sites for hydroxylation is 1. The predicted octanol–water partition coefficient (Wildman–Crippen LogP) is 4.63. The van der Waals surface area contributed by atoms with E-state index in [1.807, 2.05) is 47.9 Å². The average molecular weight is 447 g/mol. The summed E-state index contributed by atoms with van der Waals surface area (Å²) in [7, 11) is 3.11. The van der Waals surface area contributed by atoms with E-state index in [0.717, 1.165) is 16.8 Å². The Labute approximate surface area is 190 Å². The van der Waals surface area contributed by atoms with Crippen molar-refractivity contribution in [1.29, 1.82) is 0 Å². The van der Waals surface area contributed by atoms with Crippen molar-refractivity contribution >= 4 is 17.5 Å². The van der Waals surface area contributed by atoms with Crippen LogP contribution in [0.15, 0.2) is 72.1 Å². The molecule has 162 valence electrons. The number of para-hydroxylation sites is 1. The molecular weight excluding hydrogens is 424 g/mol. The number of hydrogen-bond acceptors (Lipinski definition) is 7. The zero-order valence-electron chi connectivity index (χ0n) is 18.0. The molecule has 0 bridgehead atoms. The molecule has 8 heteroatoms. The van der Waals surface area contributed by atoms with Crippen LogP contribution in [0.5, 0.6) is 11.5 Å². The molecule has 4 rings (SSSR count). The lowest BCUT2D eigenvalue weighted by atomic mass is 10.1.